The molecule has 2 aromatic carbocycles. The summed E-state index contributed by atoms with van der Waals surface area (Å²) in [5.41, 5.74) is 1.99. The van der Waals surface area contributed by atoms with Gasteiger partial charge in [0, 0.05) is 44.9 Å². The molecule has 2 aromatic rings. The van der Waals surface area contributed by atoms with Gasteiger partial charge in [-0.3, -0.25) is 19.8 Å². The third kappa shape index (κ3) is 4.96. The quantitative estimate of drug-likeness (QED) is 0.547. The van der Waals surface area contributed by atoms with E-state index < -0.39 is 4.92 Å². The predicted octanol–water partition coefficient (Wildman–Crippen LogP) is 2.63. The van der Waals surface area contributed by atoms with Crippen molar-refractivity contribution in [1.29, 1.82) is 0 Å². The first-order valence-corrected chi connectivity index (χ1v) is 9.20. The second kappa shape index (κ2) is 9.11. The Balaban J connectivity index is 0.00000240. The molecule has 0 aromatic heterocycles. The zero-order chi connectivity index (χ0) is 19.5. The highest BCUT2D eigenvalue weighted by molar-refractivity contribution is 5.85. The minimum atomic E-state index is -0.440. The predicted molar refractivity (Wildman–Crippen MR) is 108 cm³/mol. The Morgan fingerprint density at radius 3 is 2.31 bits per heavy atom. The van der Waals surface area contributed by atoms with Gasteiger partial charge >= 0.3 is 0 Å². The van der Waals surface area contributed by atoms with Crippen molar-refractivity contribution in [2.45, 2.75) is 13.0 Å². The summed E-state index contributed by atoms with van der Waals surface area (Å²) in [4.78, 5) is 27.0. The van der Waals surface area contributed by atoms with E-state index in [0.29, 0.717) is 13.1 Å². The first-order valence-electron chi connectivity index (χ1n) is 9.20. The van der Waals surface area contributed by atoms with Crippen LogP contribution in [-0.4, -0.2) is 53.6 Å². The van der Waals surface area contributed by atoms with Crippen LogP contribution >= 0.6 is 12.4 Å². The monoisotopic (exact) mass is 419 g/mol. The van der Waals surface area contributed by atoms with E-state index >= 15 is 0 Å². The van der Waals surface area contributed by atoms with E-state index in [1.54, 1.807) is 12.1 Å². The number of hydrogen-bond acceptors (Lipinski definition) is 6. The number of benzene rings is 2. The van der Waals surface area contributed by atoms with E-state index in [0.717, 1.165) is 42.3 Å². The highest BCUT2D eigenvalue weighted by Gasteiger charge is 2.22. The first-order chi connectivity index (χ1) is 13.6. The second-order valence-corrected chi connectivity index (χ2v) is 6.94. The molecule has 1 amide bonds. The Bertz CT molecular complexity index is 882. The molecule has 4 rings (SSSR count). The van der Waals surface area contributed by atoms with Crippen molar-refractivity contribution in [2.24, 2.45) is 0 Å². The second-order valence-electron chi connectivity index (χ2n) is 6.94. The Morgan fingerprint density at radius 1 is 0.966 bits per heavy atom. The fourth-order valence-electron chi connectivity index (χ4n) is 3.47. The molecule has 154 valence electrons. The van der Waals surface area contributed by atoms with E-state index in [1.165, 1.54) is 12.1 Å². The van der Waals surface area contributed by atoms with Gasteiger partial charge in [0.25, 0.3) is 5.69 Å². The molecule has 9 heteroatoms. The van der Waals surface area contributed by atoms with E-state index in [9.17, 15) is 14.9 Å². The Morgan fingerprint density at radius 2 is 1.62 bits per heavy atom. The number of halogens is 1. The van der Waals surface area contributed by atoms with Crippen LogP contribution in [0.4, 0.5) is 5.69 Å². The van der Waals surface area contributed by atoms with Crippen LogP contribution in [0.2, 0.25) is 0 Å². The molecule has 2 heterocycles. The summed E-state index contributed by atoms with van der Waals surface area (Å²) in [6.07, 6.45) is 0.264. The summed E-state index contributed by atoms with van der Waals surface area (Å²) in [6.45, 7) is 4.04. The largest absolute Gasteiger partial charge is 0.454 e. The summed E-state index contributed by atoms with van der Waals surface area (Å²) in [6, 6.07) is 12.1. The highest BCUT2D eigenvalue weighted by Crippen LogP contribution is 2.32. The number of carbonyl (C=O) groups is 1. The number of piperazine rings is 1. The standard InChI is InChI=1S/C20H21N3O5.ClH/c24-20(12-15-1-4-17(5-2-15)23(25)26)22-9-7-21(8-10-22)13-16-3-6-18-19(11-16)28-14-27-18;/h1-6,11H,7-10,12-14H2;1H. The lowest BCUT2D eigenvalue weighted by atomic mass is 10.1. The molecule has 0 saturated carbocycles. The van der Waals surface area contributed by atoms with Crippen molar-refractivity contribution in [3.8, 4) is 11.5 Å². The first kappa shape index (κ1) is 20.9. The minimum Gasteiger partial charge on any atom is -0.454 e. The number of fused-ring (bicyclic) bond motifs is 1. The number of non-ortho nitro benzene ring substituents is 1. The molecule has 0 N–H and O–H groups in total. The maximum absolute atomic E-state index is 12.5. The van der Waals surface area contributed by atoms with Crippen LogP contribution in [0, 0.1) is 10.1 Å². The molecule has 1 fully saturated rings. The lowest BCUT2D eigenvalue weighted by molar-refractivity contribution is -0.384. The minimum absolute atomic E-state index is 0. The van der Waals surface area contributed by atoms with E-state index in [4.69, 9.17) is 9.47 Å². The van der Waals surface area contributed by atoms with Gasteiger partial charge in [0.2, 0.25) is 12.7 Å². The van der Waals surface area contributed by atoms with Crippen LogP contribution in [0.1, 0.15) is 11.1 Å². The van der Waals surface area contributed by atoms with Crippen molar-refractivity contribution in [2.75, 3.05) is 33.0 Å². The molecule has 0 radical (unpaired) electrons. The Hall–Kier alpha value is -2.84. The molecule has 1 saturated heterocycles. The fourth-order valence-corrected chi connectivity index (χ4v) is 3.47. The number of nitro groups is 1. The number of rotatable bonds is 5. The lowest BCUT2D eigenvalue weighted by Crippen LogP contribution is -2.48. The molecule has 29 heavy (non-hydrogen) atoms. The van der Waals surface area contributed by atoms with Crippen molar-refractivity contribution >= 4 is 24.0 Å². The summed E-state index contributed by atoms with van der Waals surface area (Å²) in [5.74, 6) is 1.62. The van der Waals surface area contributed by atoms with E-state index in [1.807, 2.05) is 23.1 Å². The van der Waals surface area contributed by atoms with Crippen LogP contribution in [0.25, 0.3) is 0 Å². The average molecular weight is 420 g/mol. The SMILES string of the molecule is Cl.O=C(Cc1ccc([N+](=O)[O-])cc1)N1CCN(Cc2ccc3c(c2)OCO3)CC1. The number of carbonyl (C=O) groups excluding carboxylic acids is 1. The Labute approximate surface area is 174 Å². The molecule has 0 atom stereocenters. The van der Waals surface area contributed by atoms with Gasteiger partial charge in [-0.1, -0.05) is 18.2 Å². The van der Waals surface area contributed by atoms with Crippen molar-refractivity contribution in [3.05, 3.63) is 63.7 Å². The zero-order valence-electron chi connectivity index (χ0n) is 15.8. The molecule has 0 bridgehead atoms. The molecular weight excluding hydrogens is 398 g/mol. The van der Waals surface area contributed by atoms with Crippen molar-refractivity contribution in [1.82, 2.24) is 9.80 Å². The summed E-state index contributed by atoms with van der Waals surface area (Å²) >= 11 is 0. The van der Waals surface area contributed by atoms with Gasteiger partial charge in [-0.25, -0.2) is 0 Å². The van der Waals surface area contributed by atoms with Crippen molar-refractivity contribution in [3.63, 3.8) is 0 Å². The summed E-state index contributed by atoms with van der Waals surface area (Å²) < 4.78 is 10.8. The normalized spacial score (nSPS) is 15.7. The van der Waals surface area contributed by atoms with Gasteiger partial charge in [0.1, 0.15) is 0 Å². The van der Waals surface area contributed by atoms with Crippen LogP contribution in [0.15, 0.2) is 42.5 Å². The molecule has 2 aliphatic rings. The van der Waals surface area contributed by atoms with E-state index in [2.05, 4.69) is 4.90 Å². The van der Waals surface area contributed by atoms with Gasteiger partial charge in [-0.2, -0.15) is 0 Å². The molecule has 0 aliphatic carbocycles. The molecular formula is C20H22ClN3O5. The number of ether oxygens (including phenoxy) is 2. The van der Waals surface area contributed by atoms with Gasteiger partial charge in [0.05, 0.1) is 11.3 Å². The average Bonchev–Trinajstić information content (AvgIpc) is 3.17. The molecule has 2 aliphatic heterocycles. The lowest BCUT2D eigenvalue weighted by Gasteiger charge is -2.34. The highest BCUT2D eigenvalue weighted by atomic mass is 35.5. The van der Waals surface area contributed by atoms with Crippen LogP contribution < -0.4 is 9.47 Å². The Kier molecular flexibility index (Phi) is 6.56. The molecule has 0 spiro atoms. The number of amides is 1. The zero-order valence-corrected chi connectivity index (χ0v) is 16.6. The third-order valence-corrected chi connectivity index (χ3v) is 5.07. The van der Waals surface area contributed by atoms with E-state index in [-0.39, 0.29) is 37.2 Å². The summed E-state index contributed by atoms with van der Waals surface area (Å²) in [5, 5.41) is 10.7. The number of nitro benzene ring substituents is 1. The summed E-state index contributed by atoms with van der Waals surface area (Å²) in [7, 11) is 0. The fraction of sp³-hybridized carbons (Fsp3) is 0.350. The maximum atomic E-state index is 12.5. The number of nitrogens with zero attached hydrogens (tertiary/aromatic N) is 3. The van der Waals surface area contributed by atoms with Crippen LogP contribution in [-0.2, 0) is 17.8 Å². The number of hydrogen-bond donors (Lipinski definition) is 0. The topological polar surface area (TPSA) is 85.2 Å². The molecule has 0 unspecified atom stereocenters. The van der Waals surface area contributed by atoms with Gasteiger partial charge in [0.15, 0.2) is 11.5 Å². The van der Waals surface area contributed by atoms with Crippen LogP contribution in [0.3, 0.4) is 0 Å². The molecule has 8 nitrogen and oxygen atoms in total. The maximum Gasteiger partial charge on any atom is 0.269 e. The van der Waals surface area contributed by atoms with Crippen molar-refractivity contribution < 1.29 is 19.2 Å². The van der Waals surface area contributed by atoms with Gasteiger partial charge < -0.3 is 14.4 Å². The van der Waals surface area contributed by atoms with Gasteiger partial charge in [-0.15, -0.1) is 12.4 Å². The van der Waals surface area contributed by atoms with Crippen LogP contribution in [0.5, 0.6) is 11.5 Å². The van der Waals surface area contributed by atoms with Gasteiger partial charge in [-0.05, 0) is 23.3 Å². The third-order valence-electron chi connectivity index (χ3n) is 5.07. The smallest absolute Gasteiger partial charge is 0.269 e.